The number of halogens is 1. The number of unbranched alkanes of at least 4 members (excludes halogenated alkanes) is 1. The third-order valence-electron chi connectivity index (χ3n) is 2.15. The molecule has 0 aliphatic rings. The van der Waals surface area contributed by atoms with Crippen LogP contribution in [0.1, 0.15) is 23.2 Å². The van der Waals surface area contributed by atoms with Crippen molar-refractivity contribution in [2.24, 2.45) is 5.11 Å². The van der Waals surface area contributed by atoms with Crippen LogP contribution in [0.4, 0.5) is 0 Å². The zero-order valence-corrected chi connectivity index (χ0v) is 10.9. The second-order valence-corrected chi connectivity index (χ2v) is 4.25. The van der Waals surface area contributed by atoms with E-state index in [2.05, 4.69) is 31.3 Å². The van der Waals surface area contributed by atoms with Crippen LogP contribution in [0, 0.1) is 0 Å². The average molecular weight is 297 g/mol. The molecule has 0 unspecified atom stereocenters. The standard InChI is InChI=1S/C11H13BrN4O/c12-10-6-2-1-5-9(10)11(17)14-7-3-4-8-15-16-13/h1-2,5-6H,3-4,7-8H2,(H,14,17). The van der Waals surface area contributed by atoms with E-state index in [1.54, 1.807) is 6.07 Å². The molecule has 17 heavy (non-hydrogen) atoms. The van der Waals surface area contributed by atoms with Crippen molar-refractivity contribution in [3.63, 3.8) is 0 Å². The molecule has 0 fully saturated rings. The number of benzene rings is 1. The molecule has 0 saturated carbocycles. The van der Waals surface area contributed by atoms with Crippen molar-refractivity contribution in [3.8, 4) is 0 Å². The third-order valence-corrected chi connectivity index (χ3v) is 2.84. The summed E-state index contributed by atoms with van der Waals surface area (Å²) in [7, 11) is 0. The van der Waals surface area contributed by atoms with Gasteiger partial charge in [-0.15, -0.1) is 0 Å². The molecule has 6 heteroatoms. The topological polar surface area (TPSA) is 77.9 Å². The zero-order valence-electron chi connectivity index (χ0n) is 9.27. The Morgan fingerprint density at radius 3 is 2.88 bits per heavy atom. The molecular formula is C11H13BrN4O. The van der Waals surface area contributed by atoms with E-state index in [0.29, 0.717) is 18.7 Å². The molecule has 0 radical (unpaired) electrons. The van der Waals surface area contributed by atoms with Gasteiger partial charge in [-0.3, -0.25) is 4.79 Å². The minimum absolute atomic E-state index is 0.0961. The van der Waals surface area contributed by atoms with Gasteiger partial charge in [-0.05, 0) is 46.4 Å². The van der Waals surface area contributed by atoms with E-state index in [1.165, 1.54) is 0 Å². The van der Waals surface area contributed by atoms with Gasteiger partial charge in [0.25, 0.3) is 5.91 Å². The van der Waals surface area contributed by atoms with Gasteiger partial charge in [-0.25, -0.2) is 0 Å². The first kappa shape index (κ1) is 13.5. The van der Waals surface area contributed by atoms with Crippen LogP contribution in [0.2, 0.25) is 0 Å². The second-order valence-electron chi connectivity index (χ2n) is 3.40. The van der Waals surface area contributed by atoms with E-state index < -0.39 is 0 Å². The zero-order chi connectivity index (χ0) is 12.5. The molecule has 1 N–H and O–H groups in total. The van der Waals surface area contributed by atoms with Crippen LogP contribution in [0.25, 0.3) is 10.4 Å². The fourth-order valence-corrected chi connectivity index (χ4v) is 1.76. The van der Waals surface area contributed by atoms with E-state index in [9.17, 15) is 4.79 Å². The fourth-order valence-electron chi connectivity index (χ4n) is 1.29. The first-order valence-electron chi connectivity index (χ1n) is 5.29. The summed E-state index contributed by atoms with van der Waals surface area (Å²) >= 11 is 3.32. The van der Waals surface area contributed by atoms with E-state index >= 15 is 0 Å². The van der Waals surface area contributed by atoms with Crippen LogP contribution >= 0.6 is 15.9 Å². The Bertz CT molecular complexity index is 429. The number of nitrogens with zero attached hydrogens (tertiary/aromatic N) is 3. The highest BCUT2D eigenvalue weighted by molar-refractivity contribution is 9.10. The molecule has 1 rings (SSSR count). The molecule has 0 atom stereocenters. The molecule has 5 nitrogen and oxygen atoms in total. The van der Waals surface area contributed by atoms with Crippen LogP contribution in [0.15, 0.2) is 33.9 Å². The van der Waals surface area contributed by atoms with Gasteiger partial charge < -0.3 is 5.32 Å². The Hall–Kier alpha value is -1.52. The number of azide groups is 1. The summed E-state index contributed by atoms with van der Waals surface area (Å²) in [6, 6.07) is 7.28. The van der Waals surface area contributed by atoms with E-state index in [1.807, 2.05) is 18.2 Å². The molecule has 0 saturated heterocycles. The first-order chi connectivity index (χ1) is 8.25. The lowest BCUT2D eigenvalue weighted by Crippen LogP contribution is -2.24. The number of rotatable bonds is 6. The highest BCUT2D eigenvalue weighted by Gasteiger charge is 2.07. The largest absolute Gasteiger partial charge is 0.352 e. The molecule has 0 aromatic heterocycles. The van der Waals surface area contributed by atoms with E-state index in [4.69, 9.17) is 5.53 Å². The van der Waals surface area contributed by atoms with Crippen LogP contribution in [-0.4, -0.2) is 19.0 Å². The van der Waals surface area contributed by atoms with Crippen LogP contribution in [0.5, 0.6) is 0 Å². The number of hydrogen-bond donors (Lipinski definition) is 1. The van der Waals surface area contributed by atoms with Crippen molar-refractivity contribution in [3.05, 3.63) is 44.7 Å². The molecule has 90 valence electrons. The highest BCUT2D eigenvalue weighted by Crippen LogP contribution is 2.15. The smallest absolute Gasteiger partial charge is 0.252 e. The molecule has 1 aromatic carbocycles. The molecule has 0 spiro atoms. The van der Waals surface area contributed by atoms with Gasteiger partial charge in [0.1, 0.15) is 0 Å². The van der Waals surface area contributed by atoms with Crippen molar-refractivity contribution in [2.75, 3.05) is 13.1 Å². The minimum Gasteiger partial charge on any atom is -0.352 e. The fraction of sp³-hybridized carbons (Fsp3) is 0.364. The summed E-state index contributed by atoms with van der Waals surface area (Å²) < 4.78 is 0.784. The van der Waals surface area contributed by atoms with E-state index in [0.717, 1.165) is 17.3 Å². The van der Waals surface area contributed by atoms with Crippen molar-refractivity contribution in [1.82, 2.24) is 5.32 Å². The SMILES string of the molecule is [N-]=[N+]=NCCCCNC(=O)c1ccccc1Br. The van der Waals surface area contributed by atoms with Crippen molar-refractivity contribution in [2.45, 2.75) is 12.8 Å². The van der Waals surface area contributed by atoms with Gasteiger partial charge in [0.15, 0.2) is 0 Å². The van der Waals surface area contributed by atoms with Crippen LogP contribution in [-0.2, 0) is 0 Å². The second kappa shape index (κ2) is 7.70. The van der Waals surface area contributed by atoms with E-state index in [-0.39, 0.29) is 5.91 Å². The summed E-state index contributed by atoms with van der Waals surface area (Å²) in [6.07, 6.45) is 1.58. The maximum Gasteiger partial charge on any atom is 0.252 e. The van der Waals surface area contributed by atoms with Crippen molar-refractivity contribution in [1.29, 1.82) is 0 Å². The number of carbonyl (C=O) groups is 1. The third kappa shape index (κ3) is 4.89. The Morgan fingerprint density at radius 1 is 1.41 bits per heavy atom. The molecule has 1 amide bonds. The van der Waals surface area contributed by atoms with Gasteiger partial charge in [-0.1, -0.05) is 17.2 Å². The van der Waals surface area contributed by atoms with Crippen molar-refractivity contribution >= 4 is 21.8 Å². The summed E-state index contributed by atoms with van der Waals surface area (Å²) in [5.41, 5.74) is 8.70. The lowest BCUT2D eigenvalue weighted by molar-refractivity contribution is 0.0952. The molecular weight excluding hydrogens is 284 g/mol. The predicted molar refractivity (Wildman–Crippen MR) is 69.7 cm³/mol. The van der Waals surface area contributed by atoms with Crippen LogP contribution in [0.3, 0.4) is 0 Å². The van der Waals surface area contributed by atoms with Gasteiger partial charge in [0, 0.05) is 22.5 Å². The Labute approximate surface area is 108 Å². The van der Waals surface area contributed by atoms with Gasteiger partial charge in [0.2, 0.25) is 0 Å². The van der Waals surface area contributed by atoms with Gasteiger partial charge in [-0.2, -0.15) is 0 Å². The summed E-state index contributed by atoms with van der Waals surface area (Å²) in [4.78, 5) is 14.4. The van der Waals surface area contributed by atoms with Crippen LogP contribution < -0.4 is 5.32 Å². The number of hydrogen-bond acceptors (Lipinski definition) is 2. The van der Waals surface area contributed by atoms with Gasteiger partial charge >= 0.3 is 0 Å². The van der Waals surface area contributed by atoms with Crippen molar-refractivity contribution < 1.29 is 4.79 Å². The molecule has 0 bridgehead atoms. The lowest BCUT2D eigenvalue weighted by atomic mass is 10.2. The first-order valence-corrected chi connectivity index (χ1v) is 6.08. The average Bonchev–Trinajstić information content (AvgIpc) is 2.34. The molecule has 0 aliphatic carbocycles. The Morgan fingerprint density at radius 2 is 2.18 bits per heavy atom. The number of nitrogens with one attached hydrogen (secondary N) is 1. The number of amides is 1. The predicted octanol–water partition coefficient (Wildman–Crippen LogP) is 3.27. The summed E-state index contributed by atoms with van der Waals surface area (Å²) in [5, 5.41) is 6.23. The summed E-state index contributed by atoms with van der Waals surface area (Å²) in [6.45, 7) is 1.06. The summed E-state index contributed by atoms with van der Waals surface area (Å²) in [5.74, 6) is -0.0961. The Balaban J connectivity index is 2.31. The lowest BCUT2D eigenvalue weighted by Gasteiger charge is -2.05. The highest BCUT2D eigenvalue weighted by atomic mass is 79.9. The number of carbonyl (C=O) groups excluding carboxylic acids is 1. The normalized spacial score (nSPS) is 9.47. The molecule has 1 aromatic rings. The quantitative estimate of drug-likeness (QED) is 0.372. The maximum atomic E-state index is 11.7. The maximum absolute atomic E-state index is 11.7. The molecule has 0 aliphatic heterocycles. The van der Waals surface area contributed by atoms with Gasteiger partial charge in [0.05, 0.1) is 5.56 Å². The minimum atomic E-state index is -0.0961. The monoisotopic (exact) mass is 296 g/mol. The molecule has 0 heterocycles. The Kier molecular flexibility index (Phi) is 6.14.